The Morgan fingerprint density at radius 3 is 2.02 bits per heavy atom. The minimum absolute atomic E-state index is 0.105. The molecule has 0 amide bonds. The largest absolute Gasteiger partial charge is 0.456 e. The van der Waals surface area contributed by atoms with E-state index in [4.69, 9.17) is 4.42 Å². The van der Waals surface area contributed by atoms with Crippen molar-refractivity contribution < 1.29 is 4.42 Å². The molecule has 0 spiro atoms. The third-order valence-corrected chi connectivity index (χ3v) is 13.4. The molecule has 3 nitrogen and oxygen atoms in total. The average Bonchev–Trinajstić information content (AvgIpc) is 3.93. The zero-order valence-electron chi connectivity index (χ0n) is 31.4. The Morgan fingerprint density at radius 2 is 1.25 bits per heavy atom. The fourth-order valence-electron chi connectivity index (χ4n) is 10.9. The van der Waals surface area contributed by atoms with Crippen LogP contribution in [0.4, 0.5) is 5.69 Å². The summed E-state index contributed by atoms with van der Waals surface area (Å²) in [5, 5.41) is 7.62. The molecular weight excluding hydrogens is 693 g/mol. The van der Waals surface area contributed by atoms with E-state index in [0.29, 0.717) is 11.8 Å². The highest BCUT2D eigenvalue weighted by Gasteiger charge is 2.37. The van der Waals surface area contributed by atoms with Crippen molar-refractivity contribution in [2.24, 2.45) is 0 Å². The highest BCUT2D eigenvalue weighted by molar-refractivity contribution is 6.24. The molecule has 3 heterocycles. The molecule has 6 aromatic carbocycles. The highest BCUT2D eigenvalue weighted by atomic mass is 16.3. The molecule has 0 aliphatic heterocycles. The van der Waals surface area contributed by atoms with Crippen molar-refractivity contribution in [2.45, 2.75) is 37.1 Å². The molecular formula is C54H38N2O. The average molecular weight is 731 g/mol. The fourth-order valence-corrected chi connectivity index (χ4v) is 10.9. The number of hydrogen-bond acceptors (Lipinski definition) is 2. The quantitative estimate of drug-likeness (QED) is 0.180. The predicted octanol–water partition coefficient (Wildman–Crippen LogP) is 12.1. The molecule has 3 unspecified atom stereocenters. The van der Waals surface area contributed by atoms with Gasteiger partial charge in [0, 0.05) is 55.4 Å². The van der Waals surface area contributed by atoms with E-state index in [0.717, 1.165) is 30.3 Å². The van der Waals surface area contributed by atoms with E-state index in [1.54, 1.807) is 0 Å². The molecule has 0 bridgehead atoms. The van der Waals surface area contributed by atoms with Crippen LogP contribution in [0.3, 0.4) is 0 Å². The Labute approximate surface area is 330 Å². The summed E-state index contributed by atoms with van der Waals surface area (Å²) in [6.07, 6.45) is 19.5. The SMILES string of the molecule is C1=CCC2C(=C1)C1=CC=C(N(c3ccc(-c4cc5c6ccccc6n6c7ccccc7c(c4)c56)cc3)C3C=c4oc5ccccc5c4=CC3)CC1c1ccccc12. The van der Waals surface area contributed by atoms with Crippen LogP contribution >= 0.6 is 0 Å². The lowest BCUT2D eigenvalue weighted by molar-refractivity contribution is 0.566. The van der Waals surface area contributed by atoms with Crippen LogP contribution in [0.5, 0.6) is 0 Å². The second kappa shape index (κ2) is 11.8. The van der Waals surface area contributed by atoms with Crippen molar-refractivity contribution in [2.75, 3.05) is 4.90 Å². The van der Waals surface area contributed by atoms with Gasteiger partial charge in [-0.2, -0.15) is 0 Å². The number of aromatic nitrogens is 1. The van der Waals surface area contributed by atoms with E-state index in [1.807, 2.05) is 0 Å². The van der Waals surface area contributed by atoms with Gasteiger partial charge in [-0.25, -0.2) is 0 Å². The minimum atomic E-state index is 0.105. The maximum Gasteiger partial charge on any atom is 0.135 e. The van der Waals surface area contributed by atoms with Gasteiger partial charge in [-0.15, -0.1) is 0 Å². The number of fused-ring (bicyclic) bond motifs is 15. The Hall–Kier alpha value is -6.84. The molecule has 0 fully saturated rings. The van der Waals surface area contributed by atoms with Crippen molar-refractivity contribution in [3.63, 3.8) is 0 Å². The summed E-state index contributed by atoms with van der Waals surface area (Å²) < 4.78 is 8.97. The number of rotatable bonds is 4. The summed E-state index contributed by atoms with van der Waals surface area (Å²) in [5.41, 5.74) is 16.7. The zero-order chi connectivity index (χ0) is 37.2. The van der Waals surface area contributed by atoms with Crippen molar-refractivity contribution in [3.8, 4) is 11.1 Å². The predicted molar refractivity (Wildman–Crippen MR) is 236 cm³/mol. The van der Waals surface area contributed by atoms with Gasteiger partial charge >= 0.3 is 0 Å². The lowest BCUT2D eigenvalue weighted by Crippen LogP contribution is -2.40. The van der Waals surface area contributed by atoms with E-state index >= 15 is 0 Å². The van der Waals surface area contributed by atoms with Gasteiger partial charge in [-0.1, -0.05) is 121 Å². The summed E-state index contributed by atoms with van der Waals surface area (Å²) in [6, 6.07) is 49.6. The molecule has 13 rings (SSSR count). The molecule has 0 radical (unpaired) electrons. The summed E-state index contributed by atoms with van der Waals surface area (Å²) in [4.78, 5) is 2.60. The Kier molecular flexibility index (Phi) is 6.51. The lowest BCUT2D eigenvalue weighted by atomic mass is 9.66. The maximum atomic E-state index is 6.51. The number of allylic oxidation sites excluding steroid dienone is 8. The molecule has 3 heteroatoms. The number of anilines is 1. The number of hydrogen-bond donors (Lipinski definition) is 0. The Morgan fingerprint density at radius 1 is 0.579 bits per heavy atom. The monoisotopic (exact) mass is 730 g/mol. The van der Waals surface area contributed by atoms with Crippen molar-refractivity contribution in [1.82, 2.24) is 4.40 Å². The van der Waals surface area contributed by atoms with E-state index < -0.39 is 0 Å². The minimum Gasteiger partial charge on any atom is -0.456 e. The Balaban J connectivity index is 0.959. The normalized spacial score (nSPS) is 19.7. The first-order valence-electron chi connectivity index (χ1n) is 20.4. The van der Waals surface area contributed by atoms with Crippen LogP contribution in [0.2, 0.25) is 0 Å². The molecule has 0 saturated heterocycles. The van der Waals surface area contributed by atoms with Crippen LogP contribution in [-0.2, 0) is 0 Å². The van der Waals surface area contributed by atoms with E-state index in [2.05, 4.69) is 185 Å². The van der Waals surface area contributed by atoms with Crippen molar-refractivity contribution in [1.29, 1.82) is 0 Å². The third kappa shape index (κ3) is 4.48. The van der Waals surface area contributed by atoms with Gasteiger partial charge in [0.15, 0.2) is 0 Å². The van der Waals surface area contributed by atoms with Gasteiger partial charge in [-0.05, 0) is 107 Å². The molecule has 0 N–H and O–H groups in total. The molecule has 4 aliphatic carbocycles. The smallest absolute Gasteiger partial charge is 0.135 e. The molecule has 270 valence electrons. The van der Waals surface area contributed by atoms with Gasteiger partial charge in [-0.3, -0.25) is 0 Å². The van der Waals surface area contributed by atoms with Crippen molar-refractivity contribution in [3.05, 3.63) is 202 Å². The van der Waals surface area contributed by atoms with E-state index in [1.165, 1.54) is 93.5 Å². The number of para-hydroxylation sites is 3. The molecule has 9 aromatic rings. The van der Waals surface area contributed by atoms with Crippen LogP contribution in [-0.4, -0.2) is 10.4 Å². The topological polar surface area (TPSA) is 20.8 Å². The van der Waals surface area contributed by atoms with Gasteiger partial charge < -0.3 is 13.7 Å². The van der Waals surface area contributed by atoms with E-state index in [9.17, 15) is 0 Å². The first-order valence-corrected chi connectivity index (χ1v) is 20.4. The van der Waals surface area contributed by atoms with Crippen LogP contribution in [0, 0.1) is 0 Å². The summed E-state index contributed by atoms with van der Waals surface area (Å²) in [5.74, 6) is 0.755. The maximum absolute atomic E-state index is 6.51. The lowest BCUT2D eigenvalue weighted by Gasteiger charge is -2.42. The van der Waals surface area contributed by atoms with E-state index in [-0.39, 0.29) is 6.04 Å². The number of furan rings is 1. The third-order valence-electron chi connectivity index (χ3n) is 13.4. The van der Waals surface area contributed by atoms with Crippen molar-refractivity contribution >= 4 is 66.9 Å². The number of nitrogens with zero attached hydrogens (tertiary/aromatic N) is 2. The second-order valence-electron chi connectivity index (χ2n) is 16.3. The van der Waals surface area contributed by atoms with Gasteiger partial charge in [0.2, 0.25) is 0 Å². The van der Waals surface area contributed by atoms with Crippen LogP contribution in [0.25, 0.3) is 72.3 Å². The van der Waals surface area contributed by atoms with Gasteiger partial charge in [0.25, 0.3) is 0 Å². The summed E-state index contributed by atoms with van der Waals surface area (Å²) >= 11 is 0. The zero-order valence-corrected chi connectivity index (χ0v) is 31.4. The van der Waals surface area contributed by atoms with Gasteiger partial charge in [0.05, 0.1) is 22.6 Å². The molecule has 3 aromatic heterocycles. The molecule has 3 atom stereocenters. The van der Waals surface area contributed by atoms with Crippen LogP contribution in [0.15, 0.2) is 185 Å². The first-order chi connectivity index (χ1) is 28.3. The Bertz CT molecular complexity index is 3320. The molecule has 4 aliphatic rings. The summed E-state index contributed by atoms with van der Waals surface area (Å²) in [7, 11) is 0. The second-order valence-corrected chi connectivity index (χ2v) is 16.3. The van der Waals surface area contributed by atoms with Crippen LogP contribution < -0.4 is 15.5 Å². The van der Waals surface area contributed by atoms with Gasteiger partial charge in [0.1, 0.15) is 11.0 Å². The number of benzene rings is 6. The molecule has 57 heavy (non-hydrogen) atoms. The molecule has 0 saturated carbocycles. The standard InChI is InChI=1S/C54H38N2O/c1-2-13-40-38(11-1)39-12-3-4-14-41(39)47-31-36(25-27-42(40)47)55(37-26-28-46-45-17-7-10-20-52(45)57-53(46)32-37)35-23-21-33(22-24-35)34-29-48-43-15-5-8-18-50(43)56-51-19-9-6-16-44(51)49(30-34)54(48)56/h1-10,12-25,27-30,32,37-38,47H,11,26,31H2. The fraction of sp³-hybridized carbons (Fsp3) is 0.111. The summed E-state index contributed by atoms with van der Waals surface area (Å²) in [6.45, 7) is 0. The first kappa shape index (κ1) is 31.4. The highest BCUT2D eigenvalue weighted by Crippen LogP contribution is 2.53. The van der Waals surface area contributed by atoms with Crippen LogP contribution in [0.1, 0.15) is 42.2 Å².